The molecule has 1 saturated carbocycles. The number of nitrogens with zero attached hydrogens (tertiary/aromatic N) is 1. The first-order valence-corrected chi connectivity index (χ1v) is 6.54. The smallest absolute Gasteiger partial charge is 0.221 e. The Bertz CT molecular complexity index is 532. The summed E-state index contributed by atoms with van der Waals surface area (Å²) in [6, 6.07) is 5.48. The number of nitrogens with two attached hydrogens (primary N) is 1. The molecule has 0 amide bonds. The number of benzene rings is 1. The van der Waals surface area contributed by atoms with Crippen LogP contribution in [0.15, 0.2) is 22.6 Å². The third kappa shape index (κ3) is 2.48. The lowest BCUT2D eigenvalue weighted by Gasteiger charge is -2.24. The number of rotatable bonds is 5. The molecule has 4 heteroatoms. The van der Waals surface area contributed by atoms with Gasteiger partial charge in [0.05, 0.1) is 0 Å². The van der Waals surface area contributed by atoms with E-state index < -0.39 is 0 Å². The molecule has 1 aliphatic rings. The van der Waals surface area contributed by atoms with E-state index >= 15 is 0 Å². The van der Waals surface area contributed by atoms with Crippen molar-refractivity contribution in [1.29, 1.82) is 0 Å². The van der Waals surface area contributed by atoms with Gasteiger partial charge in [0, 0.05) is 18.4 Å². The zero-order chi connectivity index (χ0) is 12.4. The van der Waals surface area contributed by atoms with E-state index in [0.29, 0.717) is 18.2 Å². The highest BCUT2D eigenvalue weighted by molar-refractivity contribution is 5.76. The van der Waals surface area contributed by atoms with Crippen molar-refractivity contribution in [1.82, 2.24) is 4.98 Å². The van der Waals surface area contributed by atoms with Gasteiger partial charge in [-0.3, -0.25) is 0 Å². The summed E-state index contributed by atoms with van der Waals surface area (Å²) in [5.41, 5.74) is 7.95. The van der Waals surface area contributed by atoms with Crippen molar-refractivity contribution in [3.8, 4) is 0 Å². The molecular weight excluding hydrogens is 228 g/mol. The molecule has 1 heterocycles. The fourth-order valence-corrected chi connectivity index (χ4v) is 2.24. The predicted octanol–water partition coefficient (Wildman–Crippen LogP) is 3.12. The molecule has 96 valence electrons. The van der Waals surface area contributed by atoms with Crippen LogP contribution in [-0.2, 0) is 11.3 Å². The fraction of sp³-hybridized carbons (Fsp3) is 0.500. The Balaban J connectivity index is 1.53. The molecule has 1 aromatic heterocycles. The Kier molecular flexibility index (Phi) is 3.19. The maximum atomic E-state index is 5.69. The second-order valence-corrected chi connectivity index (χ2v) is 4.97. The first-order chi connectivity index (χ1) is 8.81. The first kappa shape index (κ1) is 11.5. The summed E-state index contributed by atoms with van der Waals surface area (Å²) < 4.78 is 11.2. The number of anilines is 1. The molecule has 4 nitrogen and oxygen atoms in total. The minimum absolute atomic E-state index is 0.446. The lowest BCUT2D eigenvalue weighted by Crippen LogP contribution is -2.13. The molecule has 0 unspecified atom stereocenters. The normalized spacial score (nSPS) is 16.0. The van der Waals surface area contributed by atoms with Gasteiger partial charge in [-0.05, 0) is 24.5 Å². The third-order valence-corrected chi connectivity index (χ3v) is 3.58. The standard InChI is InChI=1S/C14H18N2O2/c15-11-4-5-12-13(8-11)18-14(16-12)9-17-7-6-10-2-1-3-10/h4-5,8,10H,1-3,6-7,9,15H2. The largest absolute Gasteiger partial charge is 0.438 e. The van der Waals surface area contributed by atoms with Gasteiger partial charge in [0.2, 0.25) is 5.89 Å². The Labute approximate surface area is 106 Å². The maximum absolute atomic E-state index is 5.69. The molecule has 2 N–H and O–H groups in total. The molecule has 0 spiro atoms. The van der Waals surface area contributed by atoms with Crippen molar-refractivity contribution in [3.05, 3.63) is 24.1 Å². The molecule has 0 atom stereocenters. The van der Waals surface area contributed by atoms with E-state index in [9.17, 15) is 0 Å². The summed E-state index contributed by atoms with van der Waals surface area (Å²) in [4.78, 5) is 4.36. The summed E-state index contributed by atoms with van der Waals surface area (Å²) in [7, 11) is 0. The Morgan fingerprint density at radius 3 is 3.06 bits per heavy atom. The van der Waals surface area contributed by atoms with Crippen molar-refractivity contribution < 1.29 is 9.15 Å². The molecule has 1 fully saturated rings. The molecule has 1 aliphatic carbocycles. The van der Waals surface area contributed by atoms with Crippen molar-refractivity contribution >= 4 is 16.8 Å². The van der Waals surface area contributed by atoms with Crippen LogP contribution in [0.5, 0.6) is 0 Å². The number of hydrogen-bond acceptors (Lipinski definition) is 4. The summed E-state index contributed by atoms with van der Waals surface area (Å²) >= 11 is 0. The highest BCUT2D eigenvalue weighted by atomic mass is 16.5. The van der Waals surface area contributed by atoms with Gasteiger partial charge < -0.3 is 14.9 Å². The fourth-order valence-electron chi connectivity index (χ4n) is 2.24. The molecule has 0 aliphatic heterocycles. The van der Waals surface area contributed by atoms with E-state index in [1.807, 2.05) is 12.1 Å². The Morgan fingerprint density at radius 2 is 2.28 bits per heavy atom. The summed E-state index contributed by atoms with van der Waals surface area (Å²) in [6.45, 7) is 1.24. The van der Waals surface area contributed by atoms with Crippen LogP contribution in [0.4, 0.5) is 5.69 Å². The van der Waals surface area contributed by atoms with Crippen LogP contribution in [0.3, 0.4) is 0 Å². The number of ether oxygens (including phenoxy) is 1. The molecule has 0 bridgehead atoms. The molecule has 0 radical (unpaired) electrons. The van der Waals surface area contributed by atoms with Crippen LogP contribution in [0.2, 0.25) is 0 Å². The second kappa shape index (κ2) is 4.98. The molecular formula is C14H18N2O2. The van der Waals surface area contributed by atoms with Gasteiger partial charge in [0.1, 0.15) is 12.1 Å². The van der Waals surface area contributed by atoms with Crippen LogP contribution in [0.1, 0.15) is 31.6 Å². The number of fused-ring (bicyclic) bond motifs is 1. The predicted molar refractivity (Wildman–Crippen MR) is 70.0 cm³/mol. The van der Waals surface area contributed by atoms with E-state index in [2.05, 4.69) is 4.98 Å². The molecule has 18 heavy (non-hydrogen) atoms. The van der Waals surface area contributed by atoms with Gasteiger partial charge in [0.15, 0.2) is 5.58 Å². The quantitative estimate of drug-likeness (QED) is 0.650. The van der Waals surface area contributed by atoms with Crippen molar-refractivity contribution in [2.45, 2.75) is 32.3 Å². The highest BCUT2D eigenvalue weighted by Gasteiger charge is 2.16. The minimum Gasteiger partial charge on any atom is -0.438 e. The van der Waals surface area contributed by atoms with Crippen molar-refractivity contribution in [3.63, 3.8) is 0 Å². The van der Waals surface area contributed by atoms with Gasteiger partial charge in [-0.25, -0.2) is 4.98 Å². The third-order valence-electron chi connectivity index (χ3n) is 3.58. The molecule has 3 rings (SSSR count). The second-order valence-electron chi connectivity index (χ2n) is 4.97. The van der Waals surface area contributed by atoms with Crippen molar-refractivity contribution in [2.24, 2.45) is 5.92 Å². The highest BCUT2D eigenvalue weighted by Crippen LogP contribution is 2.29. The van der Waals surface area contributed by atoms with Crippen LogP contribution in [-0.4, -0.2) is 11.6 Å². The van der Waals surface area contributed by atoms with Crippen molar-refractivity contribution in [2.75, 3.05) is 12.3 Å². The zero-order valence-electron chi connectivity index (χ0n) is 10.4. The van der Waals surface area contributed by atoms with Gasteiger partial charge in [-0.1, -0.05) is 19.3 Å². The lowest BCUT2D eigenvalue weighted by molar-refractivity contribution is 0.0817. The number of nitrogen functional groups attached to an aromatic ring is 1. The van der Waals surface area contributed by atoms with Gasteiger partial charge in [0.25, 0.3) is 0 Å². The number of aromatic nitrogens is 1. The summed E-state index contributed by atoms with van der Waals surface area (Å²) in [6.07, 6.45) is 5.28. The van der Waals surface area contributed by atoms with Crippen LogP contribution in [0, 0.1) is 5.92 Å². The van der Waals surface area contributed by atoms with E-state index in [4.69, 9.17) is 14.9 Å². The topological polar surface area (TPSA) is 61.3 Å². The average molecular weight is 246 g/mol. The molecule has 0 saturated heterocycles. The van der Waals surface area contributed by atoms with E-state index in [-0.39, 0.29) is 0 Å². The molecule has 1 aromatic carbocycles. The Hall–Kier alpha value is -1.55. The number of hydrogen-bond donors (Lipinski definition) is 1. The van der Waals surface area contributed by atoms with Crippen LogP contribution in [0.25, 0.3) is 11.1 Å². The van der Waals surface area contributed by atoms with Gasteiger partial charge in [-0.2, -0.15) is 0 Å². The lowest BCUT2D eigenvalue weighted by atomic mass is 9.83. The maximum Gasteiger partial charge on any atom is 0.221 e. The zero-order valence-corrected chi connectivity index (χ0v) is 10.4. The van der Waals surface area contributed by atoms with E-state index in [0.717, 1.165) is 30.0 Å². The first-order valence-electron chi connectivity index (χ1n) is 6.54. The summed E-state index contributed by atoms with van der Waals surface area (Å²) in [5.74, 6) is 1.51. The monoisotopic (exact) mass is 246 g/mol. The average Bonchev–Trinajstić information content (AvgIpc) is 2.68. The van der Waals surface area contributed by atoms with E-state index in [1.165, 1.54) is 19.3 Å². The SMILES string of the molecule is Nc1ccc2nc(COCCC3CCC3)oc2c1. The summed E-state index contributed by atoms with van der Waals surface area (Å²) in [5, 5.41) is 0. The van der Waals surface area contributed by atoms with Gasteiger partial charge >= 0.3 is 0 Å². The Morgan fingerprint density at radius 1 is 1.39 bits per heavy atom. The van der Waals surface area contributed by atoms with E-state index in [1.54, 1.807) is 6.07 Å². The van der Waals surface area contributed by atoms with Crippen LogP contribution >= 0.6 is 0 Å². The van der Waals surface area contributed by atoms with Gasteiger partial charge in [-0.15, -0.1) is 0 Å². The number of oxazole rings is 1. The minimum atomic E-state index is 0.446. The molecule has 2 aromatic rings. The van der Waals surface area contributed by atoms with Crippen LogP contribution < -0.4 is 5.73 Å².